The van der Waals surface area contributed by atoms with E-state index in [0.29, 0.717) is 17.8 Å². The summed E-state index contributed by atoms with van der Waals surface area (Å²) >= 11 is 0. The summed E-state index contributed by atoms with van der Waals surface area (Å²) in [7, 11) is 3.80. The molecule has 5 rings (SSSR count). The predicted molar refractivity (Wildman–Crippen MR) is 182 cm³/mol. The van der Waals surface area contributed by atoms with Gasteiger partial charge in [-0.15, -0.1) is 0 Å². The standard InChI is InChI=1S/C38H48N2OSi/c1-38(2,3)30-26-29(28-40(6)35-25-17-16-24-34(35)39(4)5)37(41)36(27-30)42(31-18-10-7-11-19-31,32-20-12-8-13-21-32)33-22-14-9-15-23-33/h7-15,18-23,26-27,34-35,41H,16-17,24-25,28H2,1-6H3/t34-,35-/m1/s1. The Morgan fingerprint density at radius 3 is 1.57 bits per heavy atom. The van der Waals surface area contributed by atoms with Crippen molar-refractivity contribution in [1.82, 2.24) is 9.80 Å². The van der Waals surface area contributed by atoms with Crippen molar-refractivity contribution in [3.63, 3.8) is 0 Å². The van der Waals surface area contributed by atoms with Crippen molar-refractivity contribution in [3.8, 4) is 5.75 Å². The van der Waals surface area contributed by atoms with Crippen LogP contribution in [0, 0.1) is 0 Å². The van der Waals surface area contributed by atoms with Crippen LogP contribution in [0.25, 0.3) is 0 Å². The fourth-order valence-corrected chi connectivity index (χ4v) is 12.1. The van der Waals surface area contributed by atoms with Gasteiger partial charge in [0.05, 0.1) is 0 Å². The summed E-state index contributed by atoms with van der Waals surface area (Å²) in [6.45, 7) is 7.59. The number of nitrogens with zero attached hydrogens (tertiary/aromatic N) is 2. The summed E-state index contributed by atoms with van der Waals surface area (Å²) in [5.74, 6) is 0.454. The van der Waals surface area contributed by atoms with Gasteiger partial charge < -0.3 is 10.0 Å². The minimum atomic E-state index is -2.88. The summed E-state index contributed by atoms with van der Waals surface area (Å²) in [6, 6.07) is 38.4. The topological polar surface area (TPSA) is 26.7 Å². The van der Waals surface area contributed by atoms with Crippen LogP contribution in [0.3, 0.4) is 0 Å². The van der Waals surface area contributed by atoms with Gasteiger partial charge in [-0.2, -0.15) is 0 Å². The Morgan fingerprint density at radius 1 is 0.690 bits per heavy atom. The van der Waals surface area contributed by atoms with Crippen molar-refractivity contribution in [2.75, 3.05) is 21.1 Å². The maximum Gasteiger partial charge on any atom is 0.183 e. The molecule has 1 saturated carbocycles. The SMILES string of the molecule is CN(C)[C@@H]1CCCC[C@H]1N(C)Cc1cc(C(C)(C)C)cc([Si](c2ccccc2)(c2ccccc2)c2ccccc2)c1O. The first-order chi connectivity index (χ1) is 20.1. The van der Waals surface area contributed by atoms with Crippen molar-refractivity contribution in [1.29, 1.82) is 0 Å². The fourth-order valence-electron chi connectivity index (χ4n) is 7.16. The Balaban J connectivity index is 1.78. The number of aromatic hydroxyl groups is 1. The molecule has 220 valence electrons. The van der Waals surface area contributed by atoms with Crippen molar-refractivity contribution < 1.29 is 5.11 Å². The van der Waals surface area contributed by atoms with Gasteiger partial charge in [-0.3, -0.25) is 4.90 Å². The van der Waals surface area contributed by atoms with Gasteiger partial charge in [-0.1, -0.05) is 137 Å². The molecule has 0 unspecified atom stereocenters. The van der Waals surface area contributed by atoms with Gasteiger partial charge in [-0.25, -0.2) is 0 Å². The largest absolute Gasteiger partial charge is 0.508 e. The summed E-state index contributed by atoms with van der Waals surface area (Å²) in [5.41, 5.74) is 2.23. The monoisotopic (exact) mass is 576 g/mol. The van der Waals surface area contributed by atoms with Crippen LogP contribution >= 0.6 is 0 Å². The van der Waals surface area contributed by atoms with Crippen LogP contribution in [-0.2, 0) is 12.0 Å². The number of phenolic OH excluding ortho intramolecular Hbond substituents is 1. The summed E-state index contributed by atoms with van der Waals surface area (Å²) < 4.78 is 0. The Kier molecular flexibility index (Phi) is 9.07. The second-order valence-corrected chi connectivity index (χ2v) is 17.2. The van der Waals surface area contributed by atoms with Crippen LogP contribution < -0.4 is 20.7 Å². The molecule has 1 N–H and O–H groups in total. The van der Waals surface area contributed by atoms with Crippen LogP contribution in [0.1, 0.15) is 57.6 Å². The second kappa shape index (κ2) is 12.6. The van der Waals surface area contributed by atoms with Crippen LogP contribution in [0.2, 0.25) is 0 Å². The molecule has 0 radical (unpaired) electrons. The smallest absolute Gasteiger partial charge is 0.183 e. The number of likely N-dealkylation sites (N-methyl/N-ethyl adjacent to an activating group) is 2. The molecule has 0 heterocycles. The van der Waals surface area contributed by atoms with Crippen LogP contribution in [0.5, 0.6) is 5.75 Å². The van der Waals surface area contributed by atoms with Gasteiger partial charge in [0.1, 0.15) is 5.75 Å². The van der Waals surface area contributed by atoms with Gasteiger partial charge in [0, 0.05) is 24.2 Å². The molecule has 42 heavy (non-hydrogen) atoms. The maximum atomic E-state index is 12.5. The van der Waals surface area contributed by atoms with Crippen molar-refractivity contribution in [3.05, 3.63) is 114 Å². The predicted octanol–water partition coefficient (Wildman–Crippen LogP) is 5.37. The molecule has 0 bridgehead atoms. The molecular formula is C38H48N2OSi. The normalized spacial score (nSPS) is 18.0. The van der Waals surface area contributed by atoms with Gasteiger partial charge in [0.15, 0.2) is 8.07 Å². The van der Waals surface area contributed by atoms with E-state index in [9.17, 15) is 5.11 Å². The third-order valence-corrected chi connectivity index (χ3v) is 14.2. The lowest BCUT2D eigenvalue weighted by Crippen LogP contribution is -2.75. The molecule has 1 fully saturated rings. The van der Waals surface area contributed by atoms with E-state index in [4.69, 9.17) is 0 Å². The van der Waals surface area contributed by atoms with Crippen molar-refractivity contribution >= 4 is 28.8 Å². The van der Waals surface area contributed by atoms with E-state index in [-0.39, 0.29) is 5.41 Å². The highest BCUT2D eigenvalue weighted by Crippen LogP contribution is 2.32. The first-order valence-electron chi connectivity index (χ1n) is 15.5. The van der Waals surface area contributed by atoms with Gasteiger partial charge in [0.2, 0.25) is 0 Å². The van der Waals surface area contributed by atoms with Crippen LogP contribution in [0.15, 0.2) is 103 Å². The molecule has 4 aromatic rings. The molecule has 3 nitrogen and oxygen atoms in total. The zero-order valence-electron chi connectivity index (χ0n) is 26.3. The zero-order chi connectivity index (χ0) is 29.9. The average Bonchev–Trinajstić information content (AvgIpc) is 3.00. The number of hydrogen-bond donors (Lipinski definition) is 1. The summed E-state index contributed by atoms with van der Waals surface area (Å²) in [6.07, 6.45) is 4.99. The molecule has 0 amide bonds. The van der Waals surface area contributed by atoms with Gasteiger partial charge >= 0.3 is 0 Å². The van der Waals surface area contributed by atoms with E-state index in [2.05, 4.69) is 155 Å². The quantitative estimate of drug-likeness (QED) is 0.226. The molecule has 1 aliphatic rings. The maximum absolute atomic E-state index is 12.5. The Hall–Kier alpha value is -3.18. The van der Waals surface area contributed by atoms with E-state index in [0.717, 1.165) is 17.3 Å². The molecular weight excluding hydrogens is 529 g/mol. The zero-order valence-corrected chi connectivity index (χ0v) is 27.3. The molecule has 0 saturated heterocycles. The fraction of sp³-hybridized carbons (Fsp3) is 0.368. The van der Waals surface area contributed by atoms with E-state index in [1.807, 2.05) is 0 Å². The van der Waals surface area contributed by atoms with Crippen LogP contribution in [0.4, 0.5) is 0 Å². The minimum absolute atomic E-state index is 0.0724. The Morgan fingerprint density at radius 2 is 1.14 bits per heavy atom. The molecule has 1 aliphatic carbocycles. The number of phenols is 1. The highest BCUT2D eigenvalue weighted by atomic mass is 28.3. The van der Waals surface area contributed by atoms with E-state index in [1.54, 1.807) is 0 Å². The molecule has 0 aromatic heterocycles. The lowest BCUT2D eigenvalue weighted by Gasteiger charge is -2.42. The van der Waals surface area contributed by atoms with E-state index >= 15 is 0 Å². The second-order valence-electron chi connectivity index (χ2n) is 13.4. The molecule has 2 atom stereocenters. The van der Waals surface area contributed by atoms with Crippen LogP contribution in [-0.4, -0.2) is 56.2 Å². The van der Waals surface area contributed by atoms with E-state index < -0.39 is 8.07 Å². The average molecular weight is 577 g/mol. The molecule has 4 heteroatoms. The Bertz CT molecular complexity index is 1350. The Labute approximate surface area is 254 Å². The third kappa shape index (κ3) is 5.85. The molecule has 0 spiro atoms. The lowest BCUT2D eigenvalue weighted by atomic mass is 9.85. The van der Waals surface area contributed by atoms with Crippen molar-refractivity contribution in [2.45, 2.75) is 70.5 Å². The number of hydrogen-bond acceptors (Lipinski definition) is 3. The first kappa shape index (κ1) is 30.3. The number of benzene rings is 4. The summed E-state index contributed by atoms with van der Waals surface area (Å²) in [4.78, 5) is 4.90. The highest BCUT2D eigenvalue weighted by Gasteiger charge is 2.44. The molecule has 0 aliphatic heterocycles. The number of rotatable bonds is 8. The minimum Gasteiger partial charge on any atom is -0.508 e. The van der Waals surface area contributed by atoms with Gasteiger partial charge in [-0.05, 0) is 65.7 Å². The third-order valence-electron chi connectivity index (χ3n) is 9.42. The highest BCUT2D eigenvalue weighted by molar-refractivity contribution is 7.20. The first-order valence-corrected chi connectivity index (χ1v) is 17.5. The molecule has 4 aromatic carbocycles. The lowest BCUT2D eigenvalue weighted by molar-refractivity contribution is 0.0872. The van der Waals surface area contributed by atoms with Gasteiger partial charge in [0.25, 0.3) is 0 Å². The van der Waals surface area contributed by atoms with E-state index in [1.165, 1.54) is 46.8 Å². The van der Waals surface area contributed by atoms with Crippen molar-refractivity contribution in [2.24, 2.45) is 0 Å². The summed E-state index contributed by atoms with van der Waals surface area (Å²) in [5, 5.41) is 17.4.